The Kier molecular flexibility index (Phi) is 5.88. The third-order valence-corrected chi connectivity index (χ3v) is 6.31. The van der Waals surface area contributed by atoms with E-state index in [2.05, 4.69) is 19.6 Å². The van der Waals surface area contributed by atoms with Gasteiger partial charge in [0, 0.05) is 60.4 Å². The molecule has 0 saturated heterocycles. The van der Waals surface area contributed by atoms with Gasteiger partial charge >= 0.3 is 0 Å². The van der Waals surface area contributed by atoms with Crippen LogP contribution >= 0.6 is 11.6 Å². The Hall–Kier alpha value is -3.21. The van der Waals surface area contributed by atoms with Crippen molar-refractivity contribution in [3.05, 3.63) is 77.0 Å². The van der Waals surface area contributed by atoms with Gasteiger partial charge in [-0.05, 0) is 36.4 Å². The van der Waals surface area contributed by atoms with Crippen LogP contribution < -0.4 is 9.46 Å². The van der Waals surface area contributed by atoms with E-state index < -0.39 is 10.0 Å². The second-order valence-electron chi connectivity index (χ2n) is 8.15. The predicted molar refractivity (Wildman–Crippen MR) is 128 cm³/mol. The molecule has 0 amide bonds. The van der Waals surface area contributed by atoms with Crippen LogP contribution in [-0.4, -0.2) is 47.3 Å². The molecule has 0 aliphatic carbocycles. The number of anilines is 1. The minimum atomic E-state index is -3.43. The average Bonchev–Trinajstić information content (AvgIpc) is 3.07. The van der Waals surface area contributed by atoms with E-state index in [1.54, 1.807) is 18.5 Å². The number of nitrogens with zero attached hydrogens (tertiary/aromatic N) is 4. The van der Waals surface area contributed by atoms with Gasteiger partial charge in [0.2, 0.25) is 16.0 Å². The summed E-state index contributed by atoms with van der Waals surface area (Å²) < 4.78 is 46.5. The third kappa shape index (κ3) is 4.84. The molecular weight excluding hydrogens is 481 g/mol. The van der Waals surface area contributed by atoms with Gasteiger partial charge in [-0.1, -0.05) is 11.6 Å². The molecule has 176 valence electrons. The van der Waals surface area contributed by atoms with Crippen molar-refractivity contribution in [2.45, 2.75) is 13.1 Å². The van der Waals surface area contributed by atoms with Crippen molar-refractivity contribution in [1.29, 1.82) is 0 Å². The van der Waals surface area contributed by atoms with E-state index in [4.69, 9.17) is 16.3 Å². The molecule has 2 aromatic carbocycles. The molecule has 5 rings (SSSR count). The van der Waals surface area contributed by atoms with E-state index in [1.807, 2.05) is 29.0 Å². The summed E-state index contributed by atoms with van der Waals surface area (Å²) in [6.45, 7) is 2.26. The highest BCUT2D eigenvalue weighted by molar-refractivity contribution is 7.91. The van der Waals surface area contributed by atoms with Gasteiger partial charge in [-0.3, -0.25) is 9.62 Å². The number of sulfonamides is 1. The summed E-state index contributed by atoms with van der Waals surface area (Å²) in [5.74, 6) is 0.406. The number of hydrogen-bond donors (Lipinski definition) is 1. The Morgan fingerprint density at radius 1 is 1.18 bits per heavy atom. The van der Waals surface area contributed by atoms with Gasteiger partial charge in [-0.25, -0.2) is 22.8 Å². The average molecular weight is 502 g/mol. The summed E-state index contributed by atoms with van der Waals surface area (Å²) in [5, 5.41) is 1.32. The molecule has 11 heteroatoms. The first-order chi connectivity index (χ1) is 16.2. The van der Waals surface area contributed by atoms with Gasteiger partial charge < -0.3 is 9.30 Å². The second-order valence-corrected chi connectivity index (χ2v) is 10.3. The number of aromatic nitrogens is 3. The second kappa shape index (κ2) is 8.86. The summed E-state index contributed by atoms with van der Waals surface area (Å²) >= 11 is 6.60. The summed E-state index contributed by atoms with van der Waals surface area (Å²) in [7, 11) is -3.43. The summed E-state index contributed by atoms with van der Waals surface area (Å²) in [4.78, 5) is 10.3. The molecule has 3 heterocycles. The van der Waals surface area contributed by atoms with Crippen molar-refractivity contribution < 1.29 is 17.5 Å². The molecule has 0 bridgehead atoms. The highest BCUT2D eigenvalue weighted by Crippen LogP contribution is 2.35. The van der Waals surface area contributed by atoms with Crippen LogP contribution in [0.15, 0.2) is 55.0 Å². The van der Waals surface area contributed by atoms with Gasteiger partial charge in [-0.2, -0.15) is 0 Å². The molecule has 1 aliphatic rings. The molecule has 0 atom stereocenters. The smallest absolute Gasteiger partial charge is 0.236 e. The van der Waals surface area contributed by atoms with Crippen molar-refractivity contribution in [1.82, 2.24) is 19.4 Å². The number of hydrogen-bond acceptors (Lipinski definition) is 6. The van der Waals surface area contributed by atoms with E-state index in [9.17, 15) is 12.8 Å². The fraction of sp³-hybridized carbons (Fsp3) is 0.217. The zero-order valence-electron chi connectivity index (χ0n) is 18.2. The Labute approximate surface area is 201 Å². The maximum absolute atomic E-state index is 13.6. The quantitative estimate of drug-likeness (QED) is 0.445. The van der Waals surface area contributed by atoms with Gasteiger partial charge in [0.25, 0.3) is 0 Å². The van der Waals surface area contributed by atoms with Gasteiger partial charge in [-0.15, -0.1) is 0 Å². The summed E-state index contributed by atoms with van der Waals surface area (Å²) in [6.07, 6.45) is 6.14. The molecule has 1 aliphatic heterocycles. The number of rotatable bonds is 5. The van der Waals surface area contributed by atoms with E-state index >= 15 is 0 Å². The maximum atomic E-state index is 13.6. The number of ether oxygens (including phenoxy) is 1. The first kappa shape index (κ1) is 22.6. The zero-order valence-corrected chi connectivity index (χ0v) is 19.8. The van der Waals surface area contributed by atoms with Crippen molar-refractivity contribution in [3.63, 3.8) is 0 Å². The maximum Gasteiger partial charge on any atom is 0.236 e. The van der Waals surface area contributed by atoms with E-state index in [1.165, 1.54) is 12.1 Å². The minimum Gasteiger partial charge on any atom is -0.490 e. The Morgan fingerprint density at radius 2 is 1.97 bits per heavy atom. The van der Waals surface area contributed by atoms with Crippen LogP contribution in [0.3, 0.4) is 0 Å². The first-order valence-electron chi connectivity index (χ1n) is 10.5. The molecule has 8 nitrogen and oxygen atoms in total. The van der Waals surface area contributed by atoms with Crippen molar-refractivity contribution in [3.8, 4) is 11.4 Å². The third-order valence-electron chi connectivity index (χ3n) is 5.47. The Bertz CT molecular complexity index is 1470. The van der Waals surface area contributed by atoms with Crippen LogP contribution in [0, 0.1) is 5.82 Å². The largest absolute Gasteiger partial charge is 0.490 e. The van der Waals surface area contributed by atoms with Gasteiger partial charge in [0.15, 0.2) is 0 Å². The molecular formula is C23H21ClFN5O3S. The topological polar surface area (TPSA) is 89.4 Å². The number of nitrogens with one attached hydrogen (secondary N) is 1. The zero-order chi connectivity index (χ0) is 23.9. The predicted octanol–water partition coefficient (Wildman–Crippen LogP) is 3.98. The van der Waals surface area contributed by atoms with Crippen LogP contribution in [0.1, 0.15) is 11.1 Å². The lowest BCUT2D eigenvalue weighted by molar-refractivity contribution is 0.219. The first-order valence-corrected chi connectivity index (χ1v) is 12.8. The monoisotopic (exact) mass is 501 g/mol. The SMILES string of the molecule is CS(=O)(=O)Nc1ncc(CN2CCOc3c(Cl)cc(-n4ccc5cc(F)ccc54)cc3C2)cn1. The molecule has 2 aromatic heterocycles. The molecule has 0 saturated carbocycles. The summed E-state index contributed by atoms with van der Waals surface area (Å²) in [5.41, 5.74) is 3.50. The van der Waals surface area contributed by atoms with Gasteiger partial charge in [0.1, 0.15) is 18.2 Å². The lowest BCUT2D eigenvalue weighted by Crippen LogP contribution is -2.25. The van der Waals surface area contributed by atoms with Crippen LogP contribution in [-0.2, 0) is 23.1 Å². The number of fused-ring (bicyclic) bond motifs is 2. The van der Waals surface area contributed by atoms with Crippen LogP contribution in [0.5, 0.6) is 5.75 Å². The molecule has 1 N–H and O–H groups in total. The lowest BCUT2D eigenvalue weighted by Gasteiger charge is -2.19. The van der Waals surface area contributed by atoms with Crippen molar-refractivity contribution >= 4 is 38.5 Å². The van der Waals surface area contributed by atoms with Crippen LogP contribution in [0.4, 0.5) is 10.3 Å². The van der Waals surface area contributed by atoms with Crippen LogP contribution in [0.25, 0.3) is 16.6 Å². The minimum absolute atomic E-state index is 0.0334. The molecule has 34 heavy (non-hydrogen) atoms. The van der Waals surface area contributed by atoms with Gasteiger partial charge in [0.05, 0.1) is 16.8 Å². The molecule has 0 radical (unpaired) electrons. The highest BCUT2D eigenvalue weighted by Gasteiger charge is 2.20. The summed E-state index contributed by atoms with van der Waals surface area (Å²) in [6, 6.07) is 10.4. The molecule has 0 fully saturated rings. The van der Waals surface area contributed by atoms with E-state index in [0.29, 0.717) is 37.0 Å². The Morgan fingerprint density at radius 3 is 2.74 bits per heavy atom. The standard InChI is InChI=1S/C23H21ClFN5O3S/c1-34(31,32)28-23-26-11-15(12-27-23)13-29-6-7-33-22-17(14-29)9-19(10-20(22)24)30-5-4-16-8-18(25)2-3-21(16)30/h2-5,8-12H,6-7,13-14H2,1H3,(H,26,27,28). The Balaban J connectivity index is 1.40. The number of benzene rings is 2. The van der Waals surface area contributed by atoms with E-state index in [-0.39, 0.29) is 11.8 Å². The van der Waals surface area contributed by atoms with E-state index in [0.717, 1.165) is 34.0 Å². The van der Waals surface area contributed by atoms with Crippen LogP contribution in [0.2, 0.25) is 5.02 Å². The highest BCUT2D eigenvalue weighted by atomic mass is 35.5. The normalized spacial score (nSPS) is 14.4. The van der Waals surface area contributed by atoms with Crippen molar-refractivity contribution in [2.75, 3.05) is 24.1 Å². The molecule has 0 spiro atoms. The molecule has 4 aromatic rings. The fourth-order valence-corrected chi connectivity index (χ4v) is 4.76. The number of halogens is 2. The lowest BCUT2D eigenvalue weighted by atomic mass is 10.1. The fourth-order valence-electron chi connectivity index (χ4n) is 4.04. The molecule has 0 unspecified atom stereocenters. The van der Waals surface area contributed by atoms with Crippen molar-refractivity contribution in [2.24, 2.45) is 0 Å².